The van der Waals surface area contributed by atoms with Crippen molar-refractivity contribution in [3.63, 3.8) is 0 Å². The fourth-order valence-electron chi connectivity index (χ4n) is 1.78. The van der Waals surface area contributed by atoms with E-state index in [9.17, 15) is 0 Å². The third kappa shape index (κ3) is 1.58. The monoisotopic (exact) mass is 158 g/mol. The van der Waals surface area contributed by atoms with Gasteiger partial charge in [0.15, 0.2) is 0 Å². The van der Waals surface area contributed by atoms with Gasteiger partial charge < -0.3 is 0 Å². The summed E-state index contributed by atoms with van der Waals surface area (Å²) in [5.74, 6) is 0.681. The minimum atomic E-state index is 0.681. The predicted octanol–water partition coefficient (Wildman–Crippen LogP) is 3.40. The lowest BCUT2D eigenvalue weighted by Crippen LogP contribution is -2.02. The molecule has 0 aromatic carbocycles. The van der Waals surface area contributed by atoms with Crippen molar-refractivity contribution in [2.24, 2.45) is 5.92 Å². The summed E-state index contributed by atoms with van der Waals surface area (Å²) in [4.78, 5) is 0. The zero-order chi connectivity index (χ0) is 8.23. The zero-order valence-electron chi connectivity index (χ0n) is 7.24. The van der Waals surface area contributed by atoms with Crippen LogP contribution >= 0.6 is 0 Å². The van der Waals surface area contributed by atoms with Gasteiger partial charge in [-0.2, -0.15) is 0 Å². The van der Waals surface area contributed by atoms with Gasteiger partial charge in [0.1, 0.15) is 0 Å². The number of rotatable bonds is 1. The Balaban J connectivity index is 2.04. The first-order chi connectivity index (χ1) is 5.97. The molecule has 0 N–H and O–H groups in total. The molecule has 0 radical (unpaired) electrons. The van der Waals surface area contributed by atoms with Crippen LogP contribution in [0.25, 0.3) is 0 Å². The Labute approximate surface area is 74.0 Å². The highest BCUT2D eigenvalue weighted by molar-refractivity contribution is 5.25. The van der Waals surface area contributed by atoms with Crippen LogP contribution in [-0.4, -0.2) is 0 Å². The van der Waals surface area contributed by atoms with Gasteiger partial charge in [-0.25, -0.2) is 0 Å². The largest absolute Gasteiger partial charge is 0.0844 e. The summed E-state index contributed by atoms with van der Waals surface area (Å²) in [6.45, 7) is 0. The molecule has 0 aliphatic heterocycles. The lowest BCUT2D eigenvalue weighted by Gasteiger charge is -2.17. The molecule has 0 saturated heterocycles. The average molecular weight is 158 g/mol. The SMILES string of the molecule is C1=CCC(C2=CCC=CC2)C=C1. The van der Waals surface area contributed by atoms with Crippen LogP contribution in [0.5, 0.6) is 0 Å². The lowest BCUT2D eigenvalue weighted by atomic mass is 9.88. The minimum Gasteiger partial charge on any atom is -0.0844 e. The molecular weight excluding hydrogens is 144 g/mol. The number of hydrogen-bond acceptors (Lipinski definition) is 0. The van der Waals surface area contributed by atoms with Crippen LogP contribution in [0.4, 0.5) is 0 Å². The van der Waals surface area contributed by atoms with Gasteiger partial charge in [-0.1, -0.05) is 48.1 Å². The Bertz CT molecular complexity index is 264. The highest BCUT2D eigenvalue weighted by atomic mass is 14.2. The molecule has 0 fully saturated rings. The molecule has 0 amide bonds. The second kappa shape index (κ2) is 3.57. The van der Waals surface area contributed by atoms with E-state index in [1.807, 2.05) is 0 Å². The molecule has 0 heterocycles. The predicted molar refractivity (Wildman–Crippen MR) is 52.8 cm³/mol. The zero-order valence-corrected chi connectivity index (χ0v) is 7.24. The van der Waals surface area contributed by atoms with E-state index < -0.39 is 0 Å². The summed E-state index contributed by atoms with van der Waals surface area (Å²) in [6, 6.07) is 0. The van der Waals surface area contributed by atoms with Crippen LogP contribution in [-0.2, 0) is 0 Å². The highest BCUT2D eigenvalue weighted by Gasteiger charge is 2.10. The average Bonchev–Trinajstić information content (AvgIpc) is 2.21. The first kappa shape index (κ1) is 7.60. The Morgan fingerprint density at radius 2 is 2.08 bits per heavy atom. The molecule has 62 valence electrons. The van der Waals surface area contributed by atoms with E-state index in [-0.39, 0.29) is 0 Å². The molecule has 2 aliphatic rings. The van der Waals surface area contributed by atoms with Gasteiger partial charge in [-0.05, 0) is 19.3 Å². The van der Waals surface area contributed by atoms with E-state index in [4.69, 9.17) is 0 Å². The van der Waals surface area contributed by atoms with Crippen molar-refractivity contribution < 1.29 is 0 Å². The van der Waals surface area contributed by atoms with Gasteiger partial charge in [-0.15, -0.1) is 0 Å². The van der Waals surface area contributed by atoms with E-state index in [1.54, 1.807) is 5.57 Å². The van der Waals surface area contributed by atoms with Gasteiger partial charge in [0.2, 0.25) is 0 Å². The smallest absolute Gasteiger partial charge is 0.00177 e. The number of hydrogen-bond donors (Lipinski definition) is 0. The van der Waals surface area contributed by atoms with E-state index in [1.165, 1.54) is 6.42 Å². The number of allylic oxidation sites excluding steroid dienone is 8. The van der Waals surface area contributed by atoms with Gasteiger partial charge in [0.25, 0.3) is 0 Å². The van der Waals surface area contributed by atoms with E-state index in [0.717, 1.165) is 12.8 Å². The van der Waals surface area contributed by atoms with Crippen LogP contribution in [0.2, 0.25) is 0 Å². The second-order valence-electron chi connectivity index (χ2n) is 3.35. The molecule has 2 aliphatic carbocycles. The molecule has 0 aromatic heterocycles. The standard InChI is InChI=1S/C12H14/c1-3-7-11(8-4-1)12-9-5-2-6-10-12/h1-5,7,10-11H,6,8-9H2. The van der Waals surface area contributed by atoms with Crippen LogP contribution in [0.1, 0.15) is 19.3 Å². The van der Waals surface area contributed by atoms with Gasteiger partial charge in [0.05, 0.1) is 0 Å². The summed E-state index contributed by atoms with van der Waals surface area (Å²) < 4.78 is 0. The molecule has 0 saturated carbocycles. The maximum Gasteiger partial charge on any atom is 0.00177 e. The molecule has 1 unspecified atom stereocenters. The van der Waals surface area contributed by atoms with Gasteiger partial charge >= 0.3 is 0 Å². The van der Waals surface area contributed by atoms with E-state index >= 15 is 0 Å². The van der Waals surface area contributed by atoms with Crippen molar-refractivity contribution in [3.8, 4) is 0 Å². The quantitative estimate of drug-likeness (QED) is 0.513. The fourth-order valence-corrected chi connectivity index (χ4v) is 1.78. The van der Waals surface area contributed by atoms with Crippen LogP contribution in [0, 0.1) is 5.92 Å². The molecule has 0 spiro atoms. The second-order valence-corrected chi connectivity index (χ2v) is 3.35. The van der Waals surface area contributed by atoms with Crippen molar-refractivity contribution in [3.05, 3.63) is 48.1 Å². The minimum absolute atomic E-state index is 0.681. The summed E-state index contributed by atoms with van der Waals surface area (Å²) in [5, 5.41) is 0. The lowest BCUT2D eigenvalue weighted by molar-refractivity contribution is 0.737. The Hall–Kier alpha value is -1.04. The molecule has 0 heteroatoms. The summed E-state index contributed by atoms with van der Waals surface area (Å²) in [6.07, 6.45) is 19.2. The first-order valence-corrected chi connectivity index (χ1v) is 4.64. The third-order valence-electron chi connectivity index (χ3n) is 2.49. The molecule has 0 aromatic rings. The maximum absolute atomic E-state index is 2.37. The summed E-state index contributed by atoms with van der Waals surface area (Å²) in [5.41, 5.74) is 1.60. The Morgan fingerprint density at radius 1 is 1.08 bits per heavy atom. The van der Waals surface area contributed by atoms with Crippen molar-refractivity contribution >= 4 is 0 Å². The maximum atomic E-state index is 2.37. The summed E-state index contributed by atoms with van der Waals surface area (Å²) in [7, 11) is 0. The van der Waals surface area contributed by atoms with E-state index in [2.05, 4.69) is 42.5 Å². The molecule has 0 nitrogen and oxygen atoms in total. The van der Waals surface area contributed by atoms with Gasteiger partial charge in [-0.3, -0.25) is 0 Å². The highest BCUT2D eigenvalue weighted by Crippen LogP contribution is 2.26. The van der Waals surface area contributed by atoms with Crippen molar-refractivity contribution in [2.45, 2.75) is 19.3 Å². The topological polar surface area (TPSA) is 0 Å². The molecule has 0 bridgehead atoms. The normalized spacial score (nSPS) is 27.3. The Kier molecular flexibility index (Phi) is 2.26. The molecule has 2 rings (SSSR count). The van der Waals surface area contributed by atoms with Crippen molar-refractivity contribution in [1.29, 1.82) is 0 Å². The van der Waals surface area contributed by atoms with Crippen LogP contribution in [0.3, 0.4) is 0 Å². The molecule has 1 atom stereocenters. The Morgan fingerprint density at radius 3 is 2.75 bits per heavy atom. The van der Waals surface area contributed by atoms with Crippen molar-refractivity contribution in [1.82, 2.24) is 0 Å². The van der Waals surface area contributed by atoms with Crippen LogP contribution in [0.15, 0.2) is 48.1 Å². The fraction of sp³-hybridized carbons (Fsp3) is 0.333. The summed E-state index contributed by atoms with van der Waals surface area (Å²) >= 11 is 0. The van der Waals surface area contributed by atoms with Crippen LogP contribution < -0.4 is 0 Å². The molecular formula is C12H14. The third-order valence-corrected chi connectivity index (χ3v) is 2.49. The van der Waals surface area contributed by atoms with Gasteiger partial charge in [0, 0.05) is 5.92 Å². The molecule has 12 heavy (non-hydrogen) atoms. The first-order valence-electron chi connectivity index (χ1n) is 4.64. The van der Waals surface area contributed by atoms with Crippen molar-refractivity contribution in [2.75, 3.05) is 0 Å². The van der Waals surface area contributed by atoms with E-state index in [0.29, 0.717) is 5.92 Å².